The van der Waals surface area contributed by atoms with Crippen LogP contribution in [0.3, 0.4) is 0 Å². The van der Waals surface area contributed by atoms with Crippen molar-refractivity contribution in [3.8, 4) is 0 Å². The minimum atomic E-state index is 0.236. The Kier molecular flexibility index (Phi) is 4.70. The molecule has 0 fully saturated rings. The number of thioether (sulfide) groups is 1. The van der Waals surface area contributed by atoms with E-state index >= 15 is 0 Å². The zero-order valence-electron chi connectivity index (χ0n) is 8.40. The predicted octanol–water partition coefficient (Wildman–Crippen LogP) is 2.63. The summed E-state index contributed by atoms with van der Waals surface area (Å²) in [5, 5.41) is 0. The molecular formula is C11H14O2S. The maximum atomic E-state index is 10.5. The number of methoxy groups -OCH3 is 1. The third-order valence-corrected chi connectivity index (χ3v) is 3.10. The molecule has 0 bridgehead atoms. The Bertz CT molecular complexity index is 299. The highest BCUT2D eigenvalue weighted by Gasteiger charge is 2.01. The minimum absolute atomic E-state index is 0.236. The number of carbonyl (C=O) groups excluding carboxylic acids is 1. The third-order valence-electron chi connectivity index (χ3n) is 1.88. The summed E-state index contributed by atoms with van der Waals surface area (Å²) >= 11 is 1.70. The highest BCUT2D eigenvalue weighted by Crippen LogP contribution is 2.19. The second-order valence-electron chi connectivity index (χ2n) is 3.05. The van der Waals surface area contributed by atoms with E-state index in [0.29, 0.717) is 0 Å². The molecule has 0 N–H and O–H groups in total. The van der Waals surface area contributed by atoms with Gasteiger partial charge in [-0.1, -0.05) is 12.1 Å². The molecule has 0 aliphatic carbocycles. The maximum absolute atomic E-state index is 10.5. The number of hydrogen-bond acceptors (Lipinski definition) is 3. The quantitative estimate of drug-likeness (QED) is 0.552. The van der Waals surface area contributed by atoms with Crippen molar-refractivity contribution >= 4 is 18.0 Å². The first-order valence-electron chi connectivity index (χ1n) is 4.47. The zero-order valence-corrected chi connectivity index (χ0v) is 9.21. The van der Waals surface area contributed by atoms with Gasteiger partial charge in [0.15, 0.2) is 0 Å². The van der Waals surface area contributed by atoms with Gasteiger partial charge in [-0.25, -0.2) is 0 Å². The molecule has 14 heavy (non-hydrogen) atoms. The first-order chi connectivity index (χ1) is 6.76. The monoisotopic (exact) mass is 210 g/mol. The largest absolute Gasteiger partial charge is 0.381 e. The summed E-state index contributed by atoms with van der Waals surface area (Å²) in [6.07, 6.45) is 1.10. The van der Waals surface area contributed by atoms with Crippen LogP contribution < -0.4 is 0 Å². The molecule has 0 aromatic heterocycles. The molecule has 0 aliphatic heterocycles. The summed E-state index contributed by atoms with van der Waals surface area (Å²) in [6.45, 7) is 2.02. The van der Waals surface area contributed by atoms with Crippen LogP contribution in [-0.4, -0.2) is 25.3 Å². The average Bonchev–Trinajstić information content (AvgIpc) is 2.26. The van der Waals surface area contributed by atoms with Crippen LogP contribution in [0.2, 0.25) is 0 Å². The standard InChI is InChI=1S/C11H14O2S/c1-9(13-2)8-14-11-5-3-4-10(6-11)7-12/h3-7,9H,8H2,1-2H3. The van der Waals surface area contributed by atoms with E-state index in [1.807, 2.05) is 25.1 Å². The number of benzene rings is 1. The number of ether oxygens (including phenoxy) is 1. The lowest BCUT2D eigenvalue weighted by Crippen LogP contribution is -2.07. The molecule has 3 heteroatoms. The maximum Gasteiger partial charge on any atom is 0.150 e. The molecule has 1 unspecified atom stereocenters. The molecule has 0 spiro atoms. The summed E-state index contributed by atoms with van der Waals surface area (Å²) in [7, 11) is 1.70. The molecule has 0 radical (unpaired) electrons. The van der Waals surface area contributed by atoms with E-state index in [9.17, 15) is 4.79 Å². The molecule has 2 nitrogen and oxygen atoms in total. The second kappa shape index (κ2) is 5.83. The van der Waals surface area contributed by atoms with E-state index in [1.165, 1.54) is 0 Å². The smallest absolute Gasteiger partial charge is 0.150 e. The van der Waals surface area contributed by atoms with E-state index in [2.05, 4.69) is 0 Å². The van der Waals surface area contributed by atoms with Crippen LogP contribution in [0.5, 0.6) is 0 Å². The van der Waals surface area contributed by atoms with E-state index in [1.54, 1.807) is 24.9 Å². The summed E-state index contributed by atoms with van der Waals surface area (Å²) < 4.78 is 5.14. The fourth-order valence-electron chi connectivity index (χ4n) is 0.959. The van der Waals surface area contributed by atoms with Crippen molar-refractivity contribution in [2.75, 3.05) is 12.9 Å². The van der Waals surface area contributed by atoms with E-state index in [-0.39, 0.29) is 6.10 Å². The van der Waals surface area contributed by atoms with Crippen molar-refractivity contribution in [2.45, 2.75) is 17.9 Å². The van der Waals surface area contributed by atoms with Crippen LogP contribution in [0.25, 0.3) is 0 Å². The van der Waals surface area contributed by atoms with Gasteiger partial charge in [-0.05, 0) is 19.1 Å². The molecule has 1 atom stereocenters. The van der Waals surface area contributed by atoms with E-state index < -0.39 is 0 Å². The molecule has 0 saturated heterocycles. The van der Waals surface area contributed by atoms with Crippen molar-refractivity contribution in [3.05, 3.63) is 29.8 Å². The lowest BCUT2D eigenvalue weighted by molar-refractivity contribution is 0.112. The van der Waals surface area contributed by atoms with Crippen molar-refractivity contribution in [2.24, 2.45) is 0 Å². The third kappa shape index (κ3) is 3.52. The van der Waals surface area contributed by atoms with Gasteiger partial charge in [-0.3, -0.25) is 4.79 Å². The van der Waals surface area contributed by atoms with Gasteiger partial charge in [-0.15, -0.1) is 11.8 Å². The number of rotatable bonds is 5. The summed E-state index contributed by atoms with van der Waals surface area (Å²) in [6, 6.07) is 7.58. The lowest BCUT2D eigenvalue weighted by atomic mass is 10.2. The lowest BCUT2D eigenvalue weighted by Gasteiger charge is -2.08. The van der Waals surface area contributed by atoms with Gasteiger partial charge in [0.1, 0.15) is 6.29 Å². The Morgan fingerprint density at radius 3 is 3.00 bits per heavy atom. The molecule has 0 aliphatic rings. The molecule has 1 aromatic rings. The molecule has 0 amide bonds. The summed E-state index contributed by atoms with van der Waals surface area (Å²) in [4.78, 5) is 11.6. The Morgan fingerprint density at radius 2 is 2.36 bits per heavy atom. The number of aldehydes is 1. The summed E-state index contributed by atoms with van der Waals surface area (Å²) in [5.41, 5.74) is 0.722. The SMILES string of the molecule is COC(C)CSc1cccc(C=O)c1. The van der Waals surface area contributed by atoms with Crippen molar-refractivity contribution in [1.82, 2.24) is 0 Å². The zero-order chi connectivity index (χ0) is 10.4. The van der Waals surface area contributed by atoms with Crippen molar-refractivity contribution in [3.63, 3.8) is 0 Å². The molecule has 1 aromatic carbocycles. The fraction of sp³-hybridized carbons (Fsp3) is 0.364. The van der Waals surface area contributed by atoms with Gasteiger partial charge in [0, 0.05) is 23.3 Å². The Morgan fingerprint density at radius 1 is 1.57 bits per heavy atom. The molecular weight excluding hydrogens is 196 g/mol. The number of carbonyl (C=O) groups is 1. The minimum Gasteiger partial charge on any atom is -0.381 e. The number of hydrogen-bond donors (Lipinski definition) is 0. The van der Waals surface area contributed by atoms with Crippen LogP contribution in [0.15, 0.2) is 29.2 Å². The predicted molar refractivity (Wildman–Crippen MR) is 59.0 cm³/mol. The van der Waals surface area contributed by atoms with Gasteiger partial charge in [-0.2, -0.15) is 0 Å². The van der Waals surface area contributed by atoms with Crippen LogP contribution >= 0.6 is 11.8 Å². The first-order valence-corrected chi connectivity index (χ1v) is 5.45. The van der Waals surface area contributed by atoms with Crippen molar-refractivity contribution < 1.29 is 9.53 Å². The average molecular weight is 210 g/mol. The van der Waals surface area contributed by atoms with Crippen molar-refractivity contribution in [1.29, 1.82) is 0 Å². The van der Waals surface area contributed by atoms with Crippen LogP contribution in [0.1, 0.15) is 17.3 Å². The van der Waals surface area contributed by atoms with Gasteiger partial charge >= 0.3 is 0 Å². The highest BCUT2D eigenvalue weighted by atomic mass is 32.2. The molecule has 76 valence electrons. The fourth-order valence-corrected chi connectivity index (χ4v) is 1.92. The van der Waals surface area contributed by atoms with Crippen LogP contribution in [0.4, 0.5) is 0 Å². The van der Waals surface area contributed by atoms with Gasteiger partial charge < -0.3 is 4.74 Å². The van der Waals surface area contributed by atoms with Gasteiger partial charge in [0.2, 0.25) is 0 Å². The topological polar surface area (TPSA) is 26.3 Å². The highest BCUT2D eigenvalue weighted by molar-refractivity contribution is 7.99. The van der Waals surface area contributed by atoms with Crippen LogP contribution in [0, 0.1) is 0 Å². The second-order valence-corrected chi connectivity index (χ2v) is 4.14. The van der Waals surface area contributed by atoms with E-state index in [0.717, 1.165) is 22.5 Å². The molecule has 1 rings (SSSR count). The van der Waals surface area contributed by atoms with Crippen LogP contribution in [-0.2, 0) is 4.74 Å². The Labute approximate surface area is 88.7 Å². The molecule has 0 heterocycles. The van der Waals surface area contributed by atoms with E-state index in [4.69, 9.17) is 4.74 Å². The first kappa shape index (κ1) is 11.3. The Hall–Kier alpha value is -0.800. The van der Waals surface area contributed by atoms with Gasteiger partial charge in [0.25, 0.3) is 0 Å². The normalized spacial score (nSPS) is 12.4. The summed E-state index contributed by atoms with van der Waals surface area (Å²) in [5.74, 6) is 0.902. The Balaban J connectivity index is 2.54. The molecule has 0 saturated carbocycles. The van der Waals surface area contributed by atoms with Gasteiger partial charge in [0.05, 0.1) is 6.10 Å².